The van der Waals surface area contributed by atoms with Gasteiger partial charge in [0.2, 0.25) is 11.8 Å². The molecule has 4 saturated carbocycles. The summed E-state index contributed by atoms with van der Waals surface area (Å²) in [7, 11) is 0. The van der Waals surface area contributed by atoms with Crippen molar-refractivity contribution in [3.8, 4) is 0 Å². The van der Waals surface area contributed by atoms with Crippen LogP contribution in [0.15, 0.2) is 0 Å². The van der Waals surface area contributed by atoms with E-state index in [4.69, 9.17) is 0 Å². The van der Waals surface area contributed by atoms with Crippen molar-refractivity contribution in [3.63, 3.8) is 0 Å². The molecule has 0 unspecified atom stereocenters. The van der Waals surface area contributed by atoms with Crippen molar-refractivity contribution in [2.45, 2.75) is 90.1 Å². The van der Waals surface area contributed by atoms with E-state index in [1.54, 1.807) is 0 Å². The Labute approximate surface area is 158 Å². The summed E-state index contributed by atoms with van der Waals surface area (Å²) in [6, 6.07) is 0.516. The molecule has 0 aliphatic heterocycles. The Hall–Kier alpha value is -1.06. The van der Waals surface area contributed by atoms with E-state index in [1.165, 1.54) is 51.4 Å². The smallest absolute Gasteiger partial charge is 0.220 e. The fourth-order valence-electron chi connectivity index (χ4n) is 6.91. The number of carbonyl (C=O) groups is 2. The number of hydrogen-bond acceptors (Lipinski definition) is 2. The van der Waals surface area contributed by atoms with Crippen LogP contribution in [0.1, 0.15) is 78.1 Å². The summed E-state index contributed by atoms with van der Waals surface area (Å²) in [6.07, 6.45) is 11.4. The predicted molar refractivity (Wildman–Crippen MR) is 102 cm³/mol. The second-order valence-electron chi connectivity index (χ2n) is 9.89. The van der Waals surface area contributed by atoms with Crippen LogP contribution in [0.25, 0.3) is 0 Å². The fourth-order valence-corrected chi connectivity index (χ4v) is 6.91. The van der Waals surface area contributed by atoms with E-state index in [2.05, 4.69) is 24.5 Å². The van der Waals surface area contributed by atoms with Crippen molar-refractivity contribution in [1.29, 1.82) is 0 Å². The second-order valence-corrected chi connectivity index (χ2v) is 9.89. The molecule has 8 atom stereocenters. The van der Waals surface area contributed by atoms with Crippen LogP contribution in [0.4, 0.5) is 0 Å². The van der Waals surface area contributed by atoms with Crippen LogP contribution in [0.3, 0.4) is 0 Å². The van der Waals surface area contributed by atoms with Crippen molar-refractivity contribution >= 4 is 11.8 Å². The lowest BCUT2D eigenvalue weighted by Crippen LogP contribution is -2.42. The zero-order valence-electron chi connectivity index (χ0n) is 16.5. The molecule has 0 aromatic carbocycles. The topological polar surface area (TPSA) is 58.2 Å². The van der Waals surface area contributed by atoms with E-state index in [-0.39, 0.29) is 23.9 Å². The van der Waals surface area contributed by atoms with Crippen LogP contribution >= 0.6 is 0 Å². The van der Waals surface area contributed by atoms with E-state index in [0.29, 0.717) is 24.7 Å². The van der Waals surface area contributed by atoms with Crippen LogP contribution in [0.5, 0.6) is 0 Å². The Kier molecular flexibility index (Phi) is 5.29. The molecule has 4 fully saturated rings. The van der Waals surface area contributed by atoms with Gasteiger partial charge in [-0.05, 0) is 87.9 Å². The molecular weight excluding hydrogens is 324 g/mol. The maximum Gasteiger partial charge on any atom is 0.220 e. The number of nitrogens with one attached hydrogen (secondary N) is 2. The first kappa shape index (κ1) is 18.3. The first-order valence-corrected chi connectivity index (χ1v) is 11.1. The third-order valence-electron chi connectivity index (χ3n) is 8.23. The van der Waals surface area contributed by atoms with E-state index in [0.717, 1.165) is 23.7 Å². The van der Waals surface area contributed by atoms with Gasteiger partial charge in [0.15, 0.2) is 0 Å². The fraction of sp³-hybridized carbons (Fsp3) is 0.909. The summed E-state index contributed by atoms with van der Waals surface area (Å²) in [5.74, 6) is 4.85. The van der Waals surface area contributed by atoms with E-state index in [9.17, 15) is 9.59 Å². The molecule has 26 heavy (non-hydrogen) atoms. The number of hydrogen-bond donors (Lipinski definition) is 2. The summed E-state index contributed by atoms with van der Waals surface area (Å²) < 4.78 is 0. The first-order chi connectivity index (χ1) is 12.5. The minimum atomic E-state index is 0.0444. The lowest BCUT2D eigenvalue weighted by Gasteiger charge is -2.29. The van der Waals surface area contributed by atoms with Crippen molar-refractivity contribution < 1.29 is 9.59 Å². The van der Waals surface area contributed by atoms with Crippen LogP contribution in [0, 0.1) is 35.5 Å². The third-order valence-corrected chi connectivity index (χ3v) is 8.23. The van der Waals surface area contributed by atoms with Gasteiger partial charge in [0.05, 0.1) is 0 Å². The molecule has 0 radical (unpaired) electrons. The van der Waals surface area contributed by atoms with Crippen molar-refractivity contribution in [2.24, 2.45) is 35.5 Å². The zero-order chi connectivity index (χ0) is 18.3. The van der Waals surface area contributed by atoms with Gasteiger partial charge in [0.1, 0.15) is 0 Å². The third kappa shape index (κ3) is 3.80. The Morgan fingerprint density at radius 1 is 0.731 bits per heavy atom. The Morgan fingerprint density at radius 3 is 1.46 bits per heavy atom. The predicted octanol–water partition coefficient (Wildman–Crippen LogP) is 3.65. The molecule has 4 heteroatoms. The highest BCUT2D eigenvalue weighted by molar-refractivity contribution is 5.84. The highest BCUT2D eigenvalue weighted by atomic mass is 16.2. The van der Waals surface area contributed by atoms with Crippen LogP contribution < -0.4 is 10.6 Å². The lowest BCUT2D eigenvalue weighted by molar-refractivity contribution is -0.127. The average Bonchev–Trinajstić information content (AvgIpc) is 3.39. The quantitative estimate of drug-likeness (QED) is 0.728. The molecule has 0 heterocycles. The molecule has 4 nitrogen and oxygen atoms in total. The Balaban J connectivity index is 1.15. The summed E-state index contributed by atoms with van der Waals surface area (Å²) in [6.45, 7) is 4.31. The molecule has 0 saturated heterocycles. The van der Waals surface area contributed by atoms with Gasteiger partial charge in [-0.2, -0.15) is 0 Å². The maximum atomic E-state index is 12.3. The first-order valence-electron chi connectivity index (χ1n) is 11.1. The Bertz CT molecular complexity index is 500. The second kappa shape index (κ2) is 7.52. The van der Waals surface area contributed by atoms with E-state index >= 15 is 0 Å². The lowest BCUT2D eigenvalue weighted by atomic mass is 9.84. The average molecular weight is 361 g/mol. The summed E-state index contributed by atoms with van der Waals surface area (Å²) in [5, 5.41) is 6.35. The number of fused-ring (bicyclic) bond motifs is 4. The van der Waals surface area contributed by atoms with Crippen molar-refractivity contribution in [1.82, 2.24) is 10.6 Å². The molecule has 0 spiro atoms. The molecule has 4 aliphatic carbocycles. The highest BCUT2D eigenvalue weighted by Gasteiger charge is 2.43. The molecule has 4 aliphatic rings. The van der Waals surface area contributed by atoms with Crippen LogP contribution in [-0.4, -0.2) is 23.9 Å². The molecular formula is C22H36N2O2. The molecule has 0 aromatic rings. The van der Waals surface area contributed by atoms with Gasteiger partial charge >= 0.3 is 0 Å². The SMILES string of the molecule is C[C@H](NC(=O)CCC(=O)N[C@H](C)[C@H]1C[C@H]2CC[C@H]1C2)[C@@H]1C[C@H]2CC[C@H]1C2. The molecule has 0 aromatic heterocycles. The van der Waals surface area contributed by atoms with Crippen LogP contribution in [0.2, 0.25) is 0 Å². The largest absolute Gasteiger partial charge is 0.353 e. The number of amides is 2. The molecule has 4 bridgehead atoms. The summed E-state index contributed by atoms with van der Waals surface area (Å²) in [4.78, 5) is 24.6. The maximum absolute atomic E-state index is 12.3. The molecule has 2 amide bonds. The number of carbonyl (C=O) groups excluding carboxylic acids is 2. The molecule has 146 valence electrons. The Morgan fingerprint density at radius 2 is 1.15 bits per heavy atom. The van der Waals surface area contributed by atoms with Gasteiger partial charge < -0.3 is 10.6 Å². The summed E-state index contributed by atoms with van der Waals surface area (Å²) in [5.41, 5.74) is 0. The van der Waals surface area contributed by atoms with Gasteiger partial charge in [-0.25, -0.2) is 0 Å². The van der Waals surface area contributed by atoms with Crippen molar-refractivity contribution in [3.05, 3.63) is 0 Å². The zero-order valence-corrected chi connectivity index (χ0v) is 16.5. The van der Waals surface area contributed by atoms with Gasteiger partial charge in [-0.3, -0.25) is 9.59 Å². The van der Waals surface area contributed by atoms with Gasteiger partial charge in [0.25, 0.3) is 0 Å². The van der Waals surface area contributed by atoms with Gasteiger partial charge in [-0.1, -0.05) is 12.8 Å². The van der Waals surface area contributed by atoms with E-state index in [1.807, 2.05) is 0 Å². The molecule has 4 rings (SSSR count). The number of rotatable bonds is 7. The van der Waals surface area contributed by atoms with Gasteiger partial charge in [-0.15, -0.1) is 0 Å². The monoisotopic (exact) mass is 360 g/mol. The standard InChI is InChI=1S/C22H36N2O2/c1-13(19-11-15-3-5-17(19)9-15)23-21(25)7-8-22(26)24-14(2)20-12-16-4-6-18(20)10-16/h13-20H,3-12H2,1-2H3,(H,23,25)(H,24,26)/t13-,14+,15-,16-,17-,18-,19-,20+/m0/s1. The van der Waals surface area contributed by atoms with Crippen molar-refractivity contribution in [2.75, 3.05) is 0 Å². The minimum Gasteiger partial charge on any atom is -0.353 e. The van der Waals surface area contributed by atoms with Gasteiger partial charge in [0, 0.05) is 24.9 Å². The summed E-state index contributed by atoms with van der Waals surface area (Å²) >= 11 is 0. The minimum absolute atomic E-state index is 0.0444. The normalized spacial score (nSPS) is 39.8. The van der Waals surface area contributed by atoms with Crippen LogP contribution in [-0.2, 0) is 9.59 Å². The molecule has 2 N–H and O–H groups in total. The highest BCUT2D eigenvalue weighted by Crippen LogP contribution is 2.50. The van der Waals surface area contributed by atoms with E-state index < -0.39 is 0 Å².